The summed E-state index contributed by atoms with van der Waals surface area (Å²) in [5.41, 5.74) is 0. The van der Waals surface area contributed by atoms with Crippen LogP contribution in [0.4, 0.5) is 0 Å². The van der Waals surface area contributed by atoms with Crippen molar-refractivity contribution in [2.24, 2.45) is 0 Å². The first kappa shape index (κ1) is 62.5. The molecule has 6 nitrogen and oxygen atoms in total. The third kappa shape index (κ3) is 45.7. The topological polar surface area (TPSA) is 110 Å². The summed E-state index contributed by atoms with van der Waals surface area (Å²) in [5, 5.41) is 43.9. The van der Waals surface area contributed by atoms with Crippen molar-refractivity contribution in [3.63, 3.8) is 0 Å². The summed E-state index contributed by atoms with van der Waals surface area (Å²) in [6, 6.07) is -1.01. The van der Waals surface area contributed by atoms with Gasteiger partial charge in [0.15, 0.2) is 0 Å². The lowest BCUT2D eigenvalue weighted by Gasteiger charge is -2.27. The molecule has 4 unspecified atom stereocenters. The number of allylic oxidation sites excluding steroid dienone is 6. The SMILES string of the molecule is CCCCCC/C=C/CC/C=C/CC/C=C/CCCC(O)C(O)C(CO)NC(=O)C(O)CCCCCCCCCCCCCCCCCCCCCCCCCCCCCCCCC. The minimum Gasteiger partial charge on any atom is -0.394 e. The van der Waals surface area contributed by atoms with Crippen LogP contribution < -0.4 is 5.32 Å². The molecular weight excluding hydrogens is 791 g/mol. The van der Waals surface area contributed by atoms with Gasteiger partial charge in [0, 0.05) is 0 Å². The van der Waals surface area contributed by atoms with Crippen LogP contribution in [0.3, 0.4) is 0 Å². The Bertz CT molecular complexity index is 1010. The van der Waals surface area contributed by atoms with Crippen LogP contribution in [-0.4, -0.2) is 57.3 Å². The van der Waals surface area contributed by atoms with Crippen molar-refractivity contribution < 1.29 is 25.2 Å². The Kier molecular flexibility index (Phi) is 51.3. The van der Waals surface area contributed by atoms with Crippen LogP contribution in [0.25, 0.3) is 0 Å². The van der Waals surface area contributed by atoms with Gasteiger partial charge in [-0.2, -0.15) is 0 Å². The maximum atomic E-state index is 12.6. The monoisotopic (exact) mass is 902 g/mol. The van der Waals surface area contributed by atoms with E-state index in [0.717, 1.165) is 51.4 Å². The molecule has 0 aliphatic rings. The standard InChI is InChI=1S/C58H111NO5/c1-3-5-7-9-11-13-15-17-19-21-22-23-24-25-26-27-28-29-30-31-32-33-34-36-38-40-42-44-46-48-50-52-56(62)58(64)59-54(53-60)57(63)55(61)51-49-47-45-43-41-39-37-35-20-18-16-14-12-10-8-6-4-2/h14,16,35,37,43,45,54-57,60-63H,3-13,15,17-34,36,38-42,44,46-53H2,1-2H3,(H,59,64)/b16-14+,37-35+,45-43+. The normalized spacial score (nSPS) is 14.0. The number of hydrogen-bond donors (Lipinski definition) is 5. The van der Waals surface area contributed by atoms with E-state index in [2.05, 4.69) is 55.6 Å². The molecule has 0 aliphatic heterocycles. The zero-order valence-corrected chi connectivity index (χ0v) is 42.8. The van der Waals surface area contributed by atoms with Gasteiger partial charge in [-0.25, -0.2) is 0 Å². The summed E-state index contributed by atoms with van der Waals surface area (Å²) >= 11 is 0. The van der Waals surface area contributed by atoms with Crippen LogP contribution in [0.1, 0.15) is 296 Å². The highest BCUT2D eigenvalue weighted by Crippen LogP contribution is 2.18. The average molecular weight is 903 g/mol. The Morgan fingerprint density at radius 1 is 0.375 bits per heavy atom. The Labute approximate surface area is 398 Å². The van der Waals surface area contributed by atoms with E-state index >= 15 is 0 Å². The number of hydrogen-bond acceptors (Lipinski definition) is 5. The van der Waals surface area contributed by atoms with E-state index in [1.807, 2.05) is 0 Å². The molecule has 0 aromatic heterocycles. The van der Waals surface area contributed by atoms with Crippen LogP contribution in [0.2, 0.25) is 0 Å². The number of aliphatic hydroxyl groups excluding tert-OH is 4. The number of aliphatic hydroxyl groups is 4. The molecular formula is C58H111NO5. The Morgan fingerprint density at radius 3 is 0.984 bits per heavy atom. The molecule has 1 amide bonds. The van der Waals surface area contributed by atoms with Crippen molar-refractivity contribution in [1.29, 1.82) is 0 Å². The molecule has 0 aromatic carbocycles. The first-order valence-corrected chi connectivity index (χ1v) is 28.4. The average Bonchev–Trinajstić information content (AvgIpc) is 3.30. The molecule has 0 rings (SSSR count). The van der Waals surface area contributed by atoms with Crippen LogP contribution in [0, 0.1) is 0 Å². The predicted molar refractivity (Wildman–Crippen MR) is 279 cm³/mol. The fourth-order valence-electron chi connectivity index (χ4n) is 8.85. The number of rotatable bonds is 52. The first-order chi connectivity index (χ1) is 31.5. The van der Waals surface area contributed by atoms with E-state index in [-0.39, 0.29) is 0 Å². The molecule has 0 saturated heterocycles. The molecule has 4 atom stereocenters. The third-order valence-corrected chi connectivity index (χ3v) is 13.3. The summed E-state index contributed by atoms with van der Waals surface area (Å²) in [5.74, 6) is -0.595. The quantitative estimate of drug-likeness (QED) is 0.0309. The molecule has 0 saturated carbocycles. The summed E-state index contributed by atoms with van der Waals surface area (Å²) in [6.07, 6.45) is 65.1. The second kappa shape index (κ2) is 52.5. The number of carbonyl (C=O) groups is 1. The number of unbranched alkanes of at least 4 members (excludes halogenated alkanes) is 37. The lowest BCUT2D eigenvalue weighted by Crippen LogP contribution is -2.53. The summed E-state index contributed by atoms with van der Waals surface area (Å²) in [7, 11) is 0. The molecule has 0 bridgehead atoms. The highest BCUT2D eigenvalue weighted by molar-refractivity contribution is 5.80. The van der Waals surface area contributed by atoms with Gasteiger partial charge in [-0.1, -0.05) is 269 Å². The molecule has 0 heterocycles. The fourth-order valence-corrected chi connectivity index (χ4v) is 8.85. The molecule has 0 aliphatic carbocycles. The molecule has 5 N–H and O–H groups in total. The Balaban J connectivity index is 3.60. The van der Waals surface area contributed by atoms with Gasteiger partial charge in [0.25, 0.3) is 0 Å². The van der Waals surface area contributed by atoms with E-state index in [9.17, 15) is 25.2 Å². The van der Waals surface area contributed by atoms with E-state index in [4.69, 9.17) is 0 Å². The van der Waals surface area contributed by atoms with Gasteiger partial charge in [0.2, 0.25) is 5.91 Å². The van der Waals surface area contributed by atoms with Gasteiger partial charge in [-0.3, -0.25) is 4.79 Å². The van der Waals surface area contributed by atoms with Crippen molar-refractivity contribution in [1.82, 2.24) is 5.32 Å². The summed E-state index contributed by atoms with van der Waals surface area (Å²) in [4.78, 5) is 12.6. The van der Waals surface area contributed by atoms with Crippen molar-refractivity contribution in [2.75, 3.05) is 6.61 Å². The van der Waals surface area contributed by atoms with Gasteiger partial charge in [0.1, 0.15) is 12.2 Å². The van der Waals surface area contributed by atoms with Crippen LogP contribution >= 0.6 is 0 Å². The van der Waals surface area contributed by atoms with Crippen LogP contribution in [-0.2, 0) is 4.79 Å². The lowest BCUT2D eigenvalue weighted by atomic mass is 10.00. The van der Waals surface area contributed by atoms with Gasteiger partial charge in [-0.05, 0) is 64.2 Å². The molecule has 0 spiro atoms. The molecule has 64 heavy (non-hydrogen) atoms. The van der Waals surface area contributed by atoms with Gasteiger partial charge in [-0.15, -0.1) is 0 Å². The molecule has 0 aromatic rings. The van der Waals surface area contributed by atoms with E-state index in [1.165, 1.54) is 212 Å². The second-order valence-electron chi connectivity index (χ2n) is 19.6. The van der Waals surface area contributed by atoms with Crippen LogP contribution in [0.5, 0.6) is 0 Å². The second-order valence-corrected chi connectivity index (χ2v) is 19.6. The highest BCUT2D eigenvalue weighted by atomic mass is 16.3. The highest BCUT2D eigenvalue weighted by Gasteiger charge is 2.28. The number of carbonyl (C=O) groups excluding carboxylic acids is 1. The molecule has 0 radical (unpaired) electrons. The Morgan fingerprint density at radius 2 is 0.656 bits per heavy atom. The first-order valence-electron chi connectivity index (χ1n) is 28.4. The zero-order valence-electron chi connectivity index (χ0n) is 42.8. The van der Waals surface area contributed by atoms with Crippen molar-refractivity contribution in [2.45, 2.75) is 321 Å². The van der Waals surface area contributed by atoms with Gasteiger partial charge >= 0.3 is 0 Å². The fraction of sp³-hybridized carbons (Fsp3) is 0.879. The van der Waals surface area contributed by atoms with E-state index in [0.29, 0.717) is 19.3 Å². The summed E-state index contributed by atoms with van der Waals surface area (Å²) < 4.78 is 0. The van der Waals surface area contributed by atoms with Crippen molar-refractivity contribution in [3.8, 4) is 0 Å². The zero-order chi connectivity index (χ0) is 46.7. The largest absolute Gasteiger partial charge is 0.394 e. The minimum absolute atomic E-state index is 0.362. The lowest BCUT2D eigenvalue weighted by molar-refractivity contribution is -0.132. The molecule has 378 valence electrons. The van der Waals surface area contributed by atoms with Gasteiger partial charge < -0.3 is 25.7 Å². The van der Waals surface area contributed by atoms with Crippen molar-refractivity contribution >= 4 is 5.91 Å². The summed E-state index contributed by atoms with van der Waals surface area (Å²) in [6.45, 7) is 4.04. The molecule has 0 fully saturated rings. The van der Waals surface area contributed by atoms with Gasteiger partial charge in [0.05, 0.1) is 18.8 Å². The number of amides is 1. The smallest absolute Gasteiger partial charge is 0.249 e. The maximum Gasteiger partial charge on any atom is 0.249 e. The predicted octanol–water partition coefficient (Wildman–Crippen LogP) is 16.4. The van der Waals surface area contributed by atoms with Crippen molar-refractivity contribution in [3.05, 3.63) is 36.5 Å². The number of nitrogens with one attached hydrogen (secondary N) is 1. The molecule has 6 heteroatoms. The Hall–Kier alpha value is -1.47. The maximum absolute atomic E-state index is 12.6. The van der Waals surface area contributed by atoms with Crippen LogP contribution in [0.15, 0.2) is 36.5 Å². The van der Waals surface area contributed by atoms with E-state index in [1.54, 1.807) is 0 Å². The minimum atomic E-state index is -1.29. The van der Waals surface area contributed by atoms with E-state index < -0.39 is 36.9 Å². The third-order valence-electron chi connectivity index (χ3n) is 13.3.